The molecule has 3 aliphatic rings. The van der Waals surface area contributed by atoms with Crippen molar-refractivity contribution in [3.8, 4) is 0 Å². The fourth-order valence-electron chi connectivity index (χ4n) is 5.15. The van der Waals surface area contributed by atoms with E-state index in [-0.39, 0.29) is 29.5 Å². The first-order valence-corrected chi connectivity index (χ1v) is 11.8. The second kappa shape index (κ2) is 13.4. The van der Waals surface area contributed by atoms with E-state index in [2.05, 4.69) is 41.2 Å². The van der Waals surface area contributed by atoms with Gasteiger partial charge in [0.25, 0.3) is 0 Å². The van der Waals surface area contributed by atoms with Gasteiger partial charge in [-0.1, -0.05) is 19.3 Å². The van der Waals surface area contributed by atoms with Crippen LogP contribution in [0.1, 0.15) is 52.9 Å². The van der Waals surface area contributed by atoms with Crippen LogP contribution in [0.2, 0.25) is 0 Å². The van der Waals surface area contributed by atoms with Gasteiger partial charge in [0.15, 0.2) is 5.96 Å². The zero-order chi connectivity index (χ0) is 20.5. The third-order valence-corrected chi connectivity index (χ3v) is 6.89. The first-order valence-electron chi connectivity index (χ1n) is 11.8. The van der Waals surface area contributed by atoms with Gasteiger partial charge < -0.3 is 20.1 Å². The van der Waals surface area contributed by atoms with Crippen LogP contribution >= 0.6 is 24.0 Å². The van der Waals surface area contributed by atoms with Crippen molar-refractivity contribution in [2.45, 2.75) is 70.5 Å². The minimum Gasteiger partial charge on any atom is -0.379 e. The number of halogens is 1. The highest BCUT2D eigenvalue weighted by Gasteiger charge is 2.38. The molecule has 0 aromatic carbocycles. The van der Waals surface area contributed by atoms with E-state index < -0.39 is 0 Å². The third kappa shape index (κ3) is 7.18. The van der Waals surface area contributed by atoms with Crippen molar-refractivity contribution < 1.29 is 9.47 Å². The van der Waals surface area contributed by atoms with Gasteiger partial charge in [0.05, 0.1) is 33.0 Å². The summed E-state index contributed by atoms with van der Waals surface area (Å²) in [7, 11) is 0. The average molecular weight is 538 g/mol. The van der Waals surface area contributed by atoms with Gasteiger partial charge in [-0.15, -0.1) is 24.0 Å². The average Bonchev–Trinajstić information content (AvgIpc) is 2.77. The molecule has 0 spiro atoms. The Morgan fingerprint density at radius 2 is 1.77 bits per heavy atom. The number of aliphatic imine (C=N–C) groups is 1. The van der Waals surface area contributed by atoms with Crippen molar-refractivity contribution in [1.82, 2.24) is 20.4 Å². The largest absolute Gasteiger partial charge is 0.379 e. The van der Waals surface area contributed by atoms with Crippen molar-refractivity contribution >= 4 is 29.9 Å². The van der Waals surface area contributed by atoms with Crippen molar-refractivity contribution in [2.24, 2.45) is 4.99 Å². The van der Waals surface area contributed by atoms with E-state index in [1.165, 1.54) is 32.1 Å². The molecule has 0 radical (unpaired) electrons. The summed E-state index contributed by atoms with van der Waals surface area (Å²) in [6.45, 7) is 15.9. The van der Waals surface area contributed by atoms with Crippen LogP contribution in [0.15, 0.2) is 4.99 Å². The van der Waals surface area contributed by atoms with Gasteiger partial charge in [-0.05, 0) is 33.6 Å². The van der Waals surface area contributed by atoms with E-state index in [4.69, 9.17) is 14.5 Å². The van der Waals surface area contributed by atoms with Crippen molar-refractivity contribution in [2.75, 3.05) is 65.7 Å². The number of guanidine groups is 1. The van der Waals surface area contributed by atoms with Crippen molar-refractivity contribution in [3.05, 3.63) is 0 Å². The summed E-state index contributed by atoms with van der Waals surface area (Å²) in [5.74, 6) is 0.957. The Morgan fingerprint density at radius 1 is 1.07 bits per heavy atom. The topological polar surface area (TPSA) is 61.4 Å². The molecule has 8 heteroatoms. The normalized spacial score (nSPS) is 27.2. The van der Waals surface area contributed by atoms with Crippen LogP contribution < -0.4 is 10.6 Å². The zero-order valence-electron chi connectivity index (χ0n) is 19.3. The van der Waals surface area contributed by atoms with Crippen LogP contribution in [-0.4, -0.2) is 99.1 Å². The van der Waals surface area contributed by atoms with E-state index in [1.54, 1.807) is 0 Å². The molecule has 1 aliphatic carbocycles. The van der Waals surface area contributed by atoms with Crippen LogP contribution in [-0.2, 0) is 9.47 Å². The standard InChI is InChI=1S/C22H43N5O2.HI/c1-4-23-21(24-16-19(2)27-12-15-29-17-20(27)3)25-18-22(8-6-5-7-9-22)26-10-13-28-14-11-26;/h19-20H,4-18H2,1-3H3,(H2,23,24,25);1H. The van der Waals surface area contributed by atoms with Gasteiger partial charge in [-0.25, -0.2) is 0 Å². The summed E-state index contributed by atoms with van der Waals surface area (Å²) in [5, 5.41) is 7.08. The van der Waals surface area contributed by atoms with E-state index >= 15 is 0 Å². The molecule has 2 unspecified atom stereocenters. The predicted molar refractivity (Wildman–Crippen MR) is 134 cm³/mol. The summed E-state index contributed by atoms with van der Waals surface area (Å²) < 4.78 is 11.2. The maximum atomic E-state index is 5.62. The molecule has 0 bridgehead atoms. The Labute approximate surface area is 200 Å². The Bertz CT molecular complexity index is 510. The summed E-state index contributed by atoms with van der Waals surface area (Å²) in [5.41, 5.74) is 0.217. The Morgan fingerprint density at radius 3 is 2.43 bits per heavy atom. The number of ether oxygens (including phenoxy) is 2. The van der Waals surface area contributed by atoms with Crippen LogP contribution in [0.5, 0.6) is 0 Å². The molecule has 3 rings (SSSR count). The molecule has 0 aromatic rings. The van der Waals surface area contributed by atoms with E-state index in [1.807, 2.05) is 0 Å². The van der Waals surface area contributed by atoms with E-state index in [9.17, 15) is 0 Å². The lowest BCUT2D eigenvalue weighted by atomic mass is 9.80. The van der Waals surface area contributed by atoms with Crippen LogP contribution in [0.3, 0.4) is 0 Å². The molecular formula is C22H44IN5O2. The second-order valence-corrected chi connectivity index (χ2v) is 8.97. The molecule has 1 saturated carbocycles. The molecule has 7 nitrogen and oxygen atoms in total. The molecule has 2 saturated heterocycles. The summed E-state index contributed by atoms with van der Waals surface area (Å²) in [6.07, 6.45) is 6.53. The SMILES string of the molecule is CCNC(=NCC1(N2CCOCC2)CCCCC1)NCC(C)N1CCOCC1C.I. The second-order valence-electron chi connectivity index (χ2n) is 8.97. The van der Waals surface area contributed by atoms with E-state index in [0.29, 0.717) is 12.1 Å². The third-order valence-electron chi connectivity index (χ3n) is 6.89. The minimum atomic E-state index is 0. The van der Waals surface area contributed by atoms with Gasteiger partial charge in [0, 0.05) is 50.3 Å². The number of nitrogens with one attached hydrogen (secondary N) is 2. The molecule has 30 heavy (non-hydrogen) atoms. The summed E-state index contributed by atoms with van der Waals surface area (Å²) >= 11 is 0. The zero-order valence-corrected chi connectivity index (χ0v) is 21.7. The predicted octanol–water partition coefficient (Wildman–Crippen LogP) is 2.30. The van der Waals surface area contributed by atoms with Gasteiger partial charge in [0.2, 0.25) is 0 Å². The first kappa shape index (κ1) is 26.1. The number of rotatable bonds is 7. The number of nitrogens with zero attached hydrogens (tertiary/aromatic N) is 3. The first-order chi connectivity index (χ1) is 14.1. The smallest absolute Gasteiger partial charge is 0.191 e. The van der Waals surface area contributed by atoms with Crippen LogP contribution in [0, 0.1) is 0 Å². The maximum Gasteiger partial charge on any atom is 0.191 e. The molecule has 0 aromatic heterocycles. The molecule has 2 N–H and O–H groups in total. The van der Waals surface area contributed by atoms with Gasteiger partial charge in [-0.2, -0.15) is 0 Å². The van der Waals surface area contributed by atoms with Gasteiger partial charge >= 0.3 is 0 Å². The summed E-state index contributed by atoms with van der Waals surface area (Å²) in [4.78, 5) is 10.3. The summed E-state index contributed by atoms with van der Waals surface area (Å²) in [6, 6.07) is 0.938. The van der Waals surface area contributed by atoms with Gasteiger partial charge in [-0.3, -0.25) is 14.8 Å². The molecule has 2 aliphatic heterocycles. The van der Waals surface area contributed by atoms with Crippen LogP contribution in [0.25, 0.3) is 0 Å². The molecular weight excluding hydrogens is 493 g/mol. The lowest BCUT2D eigenvalue weighted by molar-refractivity contribution is -0.0333. The molecule has 2 heterocycles. The Balaban J connectivity index is 0.00000320. The van der Waals surface area contributed by atoms with Crippen molar-refractivity contribution in [1.29, 1.82) is 0 Å². The Kier molecular flexibility index (Phi) is 11.7. The maximum absolute atomic E-state index is 5.62. The molecule has 0 amide bonds. The quantitative estimate of drug-likeness (QED) is 0.296. The lowest BCUT2D eigenvalue weighted by Crippen LogP contribution is -2.57. The van der Waals surface area contributed by atoms with Crippen molar-refractivity contribution in [3.63, 3.8) is 0 Å². The highest BCUT2D eigenvalue weighted by molar-refractivity contribution is 14.0. The fourth-order valence-corrected chi connectivity index (χ4v) is 5.15. The lowest BCUT2D eigenvalue weighted by Gasteiger charge is -2.47. The number of morpholine rings is 2. The minimum absolute atomic E-state index is 0. The number of hydrogen-bond donors (Lipinski definition) is 2. The highest BCUT2D eigenvalue weighted by atomic mass is 127. The Hall–Kier alpha value is -0.160. The number of hydrogen-bond acceptors (Lipinski definition) is 5. The highest BCUT2D eigenvalue weighted by Crippen LogP contribution is 2.34. The monoisotopic (exact) mass is 537 g/mol. The van der Waals surface area contributed by atoms with E-state index in [0.717, 1.165) is 71.7 Å². The fraction of sp³-hybridized carbons (Fsp3) is 0.955. The van der Waals surface area contributed by atoms with Gasteiger partial charge in [0.1, 0.15) is 0 Å². The van der Waals surface area contributed by atoms with Crippen LogP contribution in [0.4, 0.5) is 0 Å². The molecule has 3 fully saturated rings. The molecule has 176 valence electrons. The molecule has 2 atom stereocenters.